The van der Waals surface area contributed by atoms with Crippen molar-refractivity contribution in [1.29, 1.82) is 0 Å². The van der Waals surface area contributed by atoms with Crippen LogP contribution in [0.3, 0.4) is 0 Å². The van der Waals surface area contributed by atoms with Gasteiger partial charge in [-0.15, -0.1) is 11.3 Å². The Balaban J connectivity index is 1.72. The second-order valence-electron chi connectivity index (χ2n) is 5.09. The highest BCUT2D eigenvalue weighted by molar-refractivity contribution is 7.17. The first-order valence-corrected chi connectivity index (χ1v) is 8.08. The molecule has 0 N–H and O–H groups in total. The summed E-state index contributed by atoms with van der Waals surface area (Å²) < 4.78 is 7.23. The van der Waals surface area contributed by atoms with Crippen molar-refractivity contribution in [1.82, 2.24) is 0 Å². The summed E-state index contributed by atoms with van der Waals surface area (Å²) in [6.45, 7) is 0. The first-order valence-electron chi connectivity index (χ1n) is 7.20. The predicted molar refractivity (Wildman–Crippen MR) is 93.8 cm³/mol. The minimum atomic E-state index is 0.870. The van der Waals surface area contributed by atoms with Crippen LogP contribution in [0, 0.1) is 0 Å². The third kappa shape index (κ3) is 2.49. The Hall–Kier alpha value is -2.58. The number of rotatable bonds is 3. The van der Waals surface area contributed by atoms with Crippen LogP contribution in [0.5, 0.6) is 11.5 Å². The molecule has 1 nitrogen and oxygen atoms in total. The molecular formula is C20H14OS. The van der Waals surface area contributed by atoms with E-state index in [1.54, 1.807) is 11.3 Å². The molecule has 0 spiro atoms. The van der Waals surface area contributed by atoms with Crippen LogP contribution in [0.25, 0.3) is 21.2 Å². The molecule has 0 aliphatic rings. The van der Waals surface area contributed by atoms with Crippen molar-refractivity contribution in [2.75, 3.05) is 0 Å². The molecule has 106 valence electrons. The molecular weight excluding hydrogens is 288 g/mol. The van der Waals surface area contributed by atoms with Crippen molar-refractivity contribution in [2.45, 2.75) is 0 Å². The molecule has 3 aromatic carbocycles. The first-order chi connectivity index (χ1) is 10.9. The van der Waals surface area contributed by atoms with Gasteiger partial charge in [-0.1, -0.05) is 54.6 Å². The number of hydrogen-bond donors (Lipinski definition) is 0. The molecule has 0 saturated heterocycles. The summed E-state index contributed by atoms with van der Waals surface area (Å²) in [7, 11) is 0. The summed E-state index contributed by atoms with van der Waals surface area (Å²) in [6.07, 6.45) is 0. The highest BCUT2D eigenvalue weighted by atomic mass is 32.1. The zero-order chi connectivity index (χ0) is 14.8. The van der Waals surface area contributed by atoms with Gasteiger partial charge in [0, 0.05) is 15.5 Å². The molecule has 1 aromatic heterocycles. The Labute approximate surface area is 133 Å². The van der Waals surface area contributed by atoms with Crippen LogP contribution in [0.4, 0.5) is 0 Å². The largest absolute Gasteiger partial charge is 0.456 e. The zero-order valence-corrected chi connectivity index (χ0v) is 12.7. The molecule has 0 fully saturated rings. The van der Waals surface area contributed by atoms with Crippen LogP contribution in [-0.2, 0) is 0 Å². The van der Waals surface area contributed by atoms with Crippen LogP contribution in [-0.4, -0.2) is 0 Å². The lowest BCUT2D eigenvalue weighted by Gasteiger charge is -2.05. The minimum Gasteiger partial charge on any atom is -0.456 e. The van der Waals surface area contributed by atoms with Gasteiger partial charge in [-0.25, -0.2) is 0 Å². The quantitative estimate of drug-likeness (QED) is 0.428. The number of fused-ring (bicyclic) bond motifs is 1. The van der Waals surface area contributed by atoms with Gasteiger partial charge in [0.15, 0.2) is 0 Å². The van der Waals surface area contributed by atoms with Gasteiger partial charge in [0.2, 0.25) is 0 Å². The second kappa shape index (κ2) is 5.66. The standard InChI is InChI=1S/C20H14OS/c1-3-7-15(8-4-1)16-11-12-18-19(14-22-20(18)13-16)21-17-9-5-2-6-10-17/h1-14H. The summed E-state index contributed by atoms with van der Waals surface area (Å²) in [4.78, 5) is 0. The fraction of sp³-hybridized carbons (Fsp3) is 0. The van der Waals surface area contributed by atoms with E-state index >= 15 is 0 Å². The fourth-order valence-electron chi connectivity index (χ4n) is 2.51. The monoisotopic (exact) mass is 302 g/mol. The van der Waals surface area contributed by atoms with Crippen LogP contribution in [0.15, 0.2) is 84.2 Å². The lowest BCUT2D eigenvalue weighted by atomic mass is 10.0. The van der Waals surface area contributed by atoms with Crippen molar-refractivity contribution in [2.24, 2.45) is 0 Å². The lowest BCUT2D eigenvalue weighted by Crippen LogP contribution is -1.82. The molecule has 0 bridgehead atoms. The van der Waals surface area contributed by atoms with Gasteiger partial charge < -0.3 is 4.74 Å². The Morgan fingerprint density at radius 1 is 0.682 bits per heavy atom. The summed E-state index contributed by atoms with van der Waals surface area (Å²) in [5, 5.41) is 3.24. The third-order valence-electron chi connectivity index (χ3n) is 3.62. The summed E-state index contributed by atoms with van der Waals surface area (Å²) in [6, 6.07) is 26.9. The SMILES string of the molecule is c1ccc(Oc2csc3cc(-c4ccccc4)ccc23)cc1. The van der Waals surface area contributed by atoms with E-state index in [-0.39, 0.29) is 0 Å². The first kappa shape index (κ1) is 13.1. The number of benzene rings is 3. The normalized spacial score (nSPS) is 10.7. The van der Waals surface area contributed by atoms with E-state index < -0.39 is 0 Å². The van der Waals surface area contributed by atoms with Crippen LogP contribution >= 0.6 is 11.3 Å². The van der Waals surface area contributed by atoms with Gasteiger partial charge in [-0.2, -0.15) is 0 Å². The van der Waals surface area contributed by atoms with E-state index in [1.165, 1.54) is 15.8 Å². The average Bonchev–Trinajstić information content (AvgIpc) is 2.99. The molecule has 4 aromatic rings. The van der Waals surface area contributed by atoms with Gasteiger partial charge in [0.25, 0.3) is 0 Å². The van der Waals surface area contributed by atoms with Gasteiger partial charge in [0.1, 0.15) is 11.5 Å². The number of hydrogen-bond acceptors (Lipinski definition) is 2. The number of thiophene rings is 1. The molecule has 2 heteroatoms. The van der Waals surface area contributed by atoms with Gasteiger partial charge >= 0.3 is 0 Å². The third-order valence-corrected chi connectivity index (χ3v) is 4.54. The predicted octanol–water partition coefficient (Wildman–Crippen LogP) is 6.36. The van der Waals surface area contributed by atoms with E-state index in [0.717, 1.165) is 16.9 Å². The average molecular weight is 302 g/mol. The molecule has 22 heavy (non-hydrogen) atoms. The van der Waals surface area contributed by atoms with Crippen molar-refractivity contribution in [3.05, 3.63) is 84.2 Å². The van der Waals surface area contributed by atoms with E-state index in [2.05, 4.69) is 47.8 Å². The fourth-order valence-corrected chi connectivity index (χ4v) is 3.41. The van der Waals surface area contributed by atoms with E-state index in [4.69, 9.17) is 4.74 Å². The Morgan fingerprint density at radius 3 is 2.18 bits per heavy atom. The molecule has 0 unspecified atom stereocenters. The van der Waals surface area contributed by atoms with Crippen molar-refractivity contribution >= 4 is 21.4 Å². The molecule has 0 atom stereocenters. The topological polar surface area (TPSA) is 9.23 Å². The van der Waals surface area contributed by atoms with E-state index in [9.17, 15) is 0 Å². The maximum absolute atomic E-state index is 5.99. The van der Waals surface area contributed by atoms with Crippen molar-refractivity contribution in [3.8, 4) is 22.6 Å². The maximum Gasteiger partial charge on any atom is 0.145 e. The molecule has 0 amide bonds. The van der Waals surface area contributed by atoms with Gasteiger partial charge in [0.05, 0.1) is 0 Å². The van der Waals surface area contributed by atoms with Crippen molar-refractivity contribution < 1.29 is 4.74 Å². The van der Waals surface area contributed by atoms with Crippen LogP contribution in [0.1, 0.15) is 0 Å². The lowest BCUT2D eigenvalue weighted by molar-refractivity contribution is 0.490. The summed E-state index contributed by atoms with van der Waals surface area (Å²) in [5.74, 6) is 1.79. The van der Waals surface area contributed by atoms with Gasteiger partial charge in [-0.05, 0) is 35.4 Å². The second-order valence-corrected chi connectivity index (χ2v) is 6.00. The Kier molecular flexibility index (Phi) is 3.37. The van der Waals surface area contributed by atoms with Crippen LogP contribution in [0.2, 0.25) is 0 Å². The van der Waals surface area contributed by atoms with Crippen molar-refractivity contribution in [3.63, 3.8) is 0 Å². The maximum atomic E-state index is 5.99. The molecule has 0 aliphatic heterocycles. The highest BCUT2D eigenvalue weighted by Crippen LogP contribution is 2.37. The van der Waals surface area contributed by atoms with Crippen LogP contribution < -0.4 is 4.74 Å². The summed E-state index contributed by atoms with van der Waals surface area (Å²) >= 11 is 1.72. The molecule has 1 heterocycles. The number of para-hydroxylation sites is 1. The summed E-state index contributed by atoms with van der Waals surface area (Å²) in [5.41, 5.74) is 2.48. The molecule has 0 aliphatic carbocycles. The Morgan fingerprint density at radius 2 is 1.41 bits per heavy atom. The zero-order valence-electron chi connectivity index (χ0n) is 11.9. The molecule has 0 saturated carbocycles. The molecule has 4 rings (SSSR count). The van der Waals surface area contributed by atoms with Gasteiger partial charge in [-0.3, -0.25) is 0 Å². The highest BCUT2D eigenvalue weighted by Gasteiger charge is 2.07. The molecule has 0 radical (unpaired) electrons. The van der Waals surface area contributed by atoms with E-state index in [1.807, 2.05) is 36.4 Å². The van der Waals surface area contributed by atoms with E-state index in [0.29, 0.717) is 0 Å². The Bertz CT molecular complexity index is 895. The number of ether oxygens (including phenoxy) is 1. The minimum absolute atomic E-state index is 0.870. The smallest absolute Gasteiger partial charge is 0.145 e.